The minimum atomic E-state index is -0.796. The van der Waals surface area contributed by atoms with Gasteiger partial charge in [-0.3, -0.25) is 9.59 Å². The van der Waals surface area contributed by atoms with Crippen molar-refractivity contribution in [3.63, 3.8) is 0 Å². The van der Waals surface area contributed by atoms with Crippen LogP contribution >= 0.6 is 46.4 Å². The molecule has 0 aliphatic carbocycles. The summed E-state index contributed by atoms with van der Waals surface area (Å²) >= 11 is 25.1. The van der Waals surface area contributed by atoms with Gasteiger partial charge < -0.3 is 10.2 Å². The first-order valence-corrected chi connectivity index (χ1v) is 13.0. The van der Waals surface area contributed by atoms with Crippen LogP contribution in [0.3, 0.4) is 0 Å². The second-order valence-electron chi connectivity index (χ2n) is 9.59. The van der Waals surface area contributed by atoms with Crippen LogP contribution in [0.15, 0.2) is 66.7 Å². The molecule has 3 aromatic carbocycles. The van der Waals surface area contributed by atoms with Crippen LogP contribution in [-0.4, -0.2) is 28.3 Å². The van der Waals surface area contributed by atoms with Crippen molar-refractivity contribution in [2.75, 3.05) is 0 Å². The van der Waals surface area contributed by atoms with Gasteiger partial charge in [0.2, 0.25) is 11.8 Å². The summed E-state index contributed by atoms with van der Waals surface area (Å²) in [7, 11) is 0. The summed E-state index contributed by atoms with van der Waals surface area (Å²) in [5.74, 6) is -0.550. The van der Waals surface area contributed by atoms with Crippen molar-refractivity contribution in [1.82, 2.24) is 10.2 Å². The normalized spacial score (nSPS) is 12.2. The summed E-state index contributed by atoms with van der Waals surface area (Å²) in [6, 6.07) is 19.1. The molecule has 1 N–H and O–H groups in total. The first kappa shape index (κ1) is 28.3. The molecule has 0 saturated carbocycles. The molecular formula is C28H28Cl4N2O2. The summed E-state index contributed by atoms with van der Waals surface area (Å²) in [6.07, 6.45) is 0.264. The van der Waals surface area contributed by atoms with Crippen LogP contribution < -0.4 is 5.32 Å². The molecule has 0 saturated heterocycles. The molecule has 0 bridgehead atoms. The van der Waals surface area contributed by atoms with Gasteiger partial charge in [-0.15, -0.1) is 0 Å². The fourth-order valence-corrected chi connectivity index (χ4v) is 4.65. The number of rotatable bonds is 8. The first-order valence-electron chi connectivity index (χ1n) is 11.5. The van der Waals surface area contributed by atoms with E-state index >= 15 is 0 Å². The minimum Gasteiger partial charge on any atom is -0.350 e. The Balaban J connectivity index is 2.05. The van der Waals surface area contributed by atoms with E-state index in [-0.39, 0.29) is 24.8 Å². The maximum absolute atomic E-state index is 13.8. The lowest BCUT2D eigenvalue weighted by Crippen LogP contribution is -2.54. The fourth-order valence-electron chi connectivity index (χ4n) is 3.80. The predicted octanol–water partition coefficient (Wildman–Crippen LogP) is 7.40. The van der Waals surface area contributed by atoms with Crippen molar-refractivity contribution in [2.45, 2.75) is 51.7 Å². The Morgan fingerprint density at radius 1 is 0.806 bits per heavy atom. The van der Waals surface area contributed by atoms with E-state index in [2.05, 4.69) is 5.32 Å². The number of carbonyl (C=O) groups excluding carboxylic acids is 2. The van der Waals surface area contributed by atoms with E-state index in [0.29, 0.717) is 32.1 Å². The Morgan fingerprint density at radius 2 is 1.44 bits per heavy atom. The zero-order valence-corrected chi connectivity index (χ0v) is 23.3. The monoisotopic (exact) mass is 564 g/mol. The lowest BCUT2D eigenvalue weighted by atomic mass is 9.99. The summed E-state index contributed by atoms with van der Waals surface area (Å²) < 4.78 is 0. The van der Waals surface area contributed by atoms with Gasteiger partial charge in [-0.1, -0.05) is 88.9 Å². The van der Waals surface area contributed by atoms with Gasteiger partial charge in [0.1, 0.15) is 6.04 Å². The van der Waals surface area contributed by atoms with Crippen molar-refractivity contribution in [3.05, 3.63) is 104 Å². The van der Waals surface area contributed by atoms with Gasteiger partial charge in [-0.2, -0.15) is 0 Å². The third kappa shape index (κ3) is 7.88. The third-order valence-corrected chi connectivity index (χ3v) is 6.94. The second-order valence-corrected chi connectivity index (χ2v) is 11.2. The van der Waals surface area contributed by atoms with E-state index in [1.165, 1.54) is 0 Å². The van der Waals surface area contributed by atoms with Crippen molar-refractivity contribution in [2.24, 2.45) is 0 Å². The molecular weight excluding hydrogens is 538 g/mol. The minimum absolute atomic E-state index is 0.0616. The molecule has 0 heterocycles. The molecule has 0 radical (unpaired) electrons. The van der Waals surface area contributed by atoms with Gasteiger partial charge in [0.15, 0.2) is 0 Å². The van der Waals surface area contributed by atoms with Gasteiger partial charge in [0.05, 0.1) is 16.5 Å². The molecule has 36 heavy (non-hydrogen) atoms. The van der Waals surface area contributed by atoms with Crippen molar-refractivity contribution < 1.29 is 9.59 Å². The van der Waals surface area contributed by atoms with E-state index in [0.717, 1.165) is 11.1 Å². The predicted molar refractivity (Wildman–Crippen MR) is 149 cm³/mol. The smallest absolute Gasteiger partial charge is 0.243 e. The summed E-state index contributed by atoms with van der Waals surface area (Å²) in [6.45, 7) is 5.85. The Kier molecular flexibility index (Phi) is 9.71. The molecule has 2 amide bonds. The quantitative estimate of drug-likeness (QED) is 0.309. The third-order valence-electron chi connectivity index (χ3n) is 5.50. The number of hydrogen-bond acceptors (Lipinski definition) is 2. The molecule has 0 aliphatic heterocycles. The molecule has 1 unspecified atom stereocenters. The van der Waals surface area contributed by atoms with Crippen molar-refractivity contribution in [1.29, 1.82) is 0 Å². The lowest BCUT2D eigenvalue weighted by molar-refractivity contribution is -0.141. The molecule has 190 valence electrons. The average molecular weight is 566 g/mol. The molecule has 3 rings (SSSR count). The number of amides is 2. The fraction of sp³-hybridized carbons (Fsp3) is 0.286. The summed E-state index contributed by atoms with van der Waals surface area (Å²) in [4.78, 5) is 29.0. The Morgan fingerprint density at radius 3 is 2.03 bits per heavy atom. The molecule has 1 atom stereocenters. The summed E-state index contributed by atoms with van der Waals surface area (Å²) in [5, 5.41) is 4.60. The standard InChI is InChI=1S/C28H28Cl4N2O2/c1-28(2,3)33-27(36)25(15-18-8-5-4-6-9-18)34(17-19-12-13-23(31)24(32)14-19)26(35)16-20-21(29)10-7-11-22(20)30/h4-14,25H,15-17H2,1-3H3,(H,33,36). The van der Waals surface area contributed by atoms with E-state index in [4.69, 9.17) is 46.4 Å². The van der Waals surface area contributed by atoms with E-state index in [1.807, 2.05) is 51.1 Å². The van der Waals surface area contributed by atoms with Crippen molar-refractivity contribution >= 4 is 58.2 Å². The highest BCUT2D eigenvalue weighted by atomic mass is 35.5. The van der Waals surface area contributed by atoms with Crippen LogP contribution in [0.2, 0.25) is 20.1 Å². The van der Waals surface area contributed by atoms with Crippen LogP contribution in [0.5, 0.6) is 0 Å². The van der Waals surface area contributed by atoms with Crippen LogP contribution in [0.1, 0.15) is 37.5 Å². The Bertz CT molecular complexity index is 1210. The highest BCUT2D eigenvalue weighted by molar-refractivity contribution is 6.42. The molecule has 8 heteroatoms. The zero-order valence-electron chi connectivity index (χ0n) is 20.3. The number of hydrogen-bond donors (Lipinski definition) is 1. The van der Waals surface area contributed by atoms with Gasteiger partial charge in [-0.05, 0) is 61.7 Å². The van der Waals surface area contributed by atoms with Crippen molar-refractivity contribution in [3.8, 4) is 0 Å². The van der Waals surface area contributed by atoms with Crippen LogP contribution in [0.25, 0.3) is 0 Å². The molecule has 0 aliphatic rings. The SMILES string of the molecule is CC(C)(C)NC(=O)C(Cc1ccccc1)N(Cc1ccc(Cl)c(Cl)c1)C(=O)Cc1c(Cl)cccc1Cl. The van der Waals surface area contributed by atoms with Gasteiger partial charge in [0.25, 0.3) is 0 Å². The lowest BCUT2D eigenvalue weighted by Gasteiger charge is -2.34. The molecule has 3 aromatic rings. The maximum atomic E-state index is 13.8. The van der Waals surface area contributed by atoms with E-state index < -0.39 is 11.6 Å². The number of carbonyl (C=O) groups is 2. The number of nitrogens with zero attached hydrogens (tertiary/aromatic N) is 1. The highest BCUT2D eigenvalue weighted by Crippen LogP contribution is 2.28. The molecule has 0 aromatic heterocycles. The van der Waals surface area contributed by atoms with Gasteiger partial charge in [0, 0.05) is 28.5 Å². The van der Waals surface area contributed by atoms with Crippen LogP contribution in [-0.2, 0) is 29.0 Å². The highest BCUT2D eigenvalue weighted by Gasteiger charge is 2.32. The maximum Gasteiger partial charge on any atom is 0.243 e. The zero-order chi connectivity index (χ0) is 26.5. The second kappa shape index (κ2) is 12.3. The van der Waals surface area contributed by atoms with E-state index in [9.17, 15) is 9.59 Å². The topological polar surface area (TPSA) is 49.4 Å². The van der Waals surface area contributed by atoms with Crippen LogP contribution in [0.4, 0.5) is 0 Å². The molecule has 4 nitrogen and oxygen atoms in total. The van der Waals surface area contributed by atoms with E-state index in [1.54, 1.807) is 41.3 Å². The van der Waals surface area contributed by atoms with Gasteiger partial charge in [-0.25, -0.2) is 0 Å². The number of benzene rings is 3. The first-order chi connectivity index (χ1) is 16.9. The number of nitrogens with one attached hydrogen (secondary N) is 1. The Labute approximate surface area is 232 Å². The van der Waals surface area contributed by atoms with Crippen LogP contribution in [0, 0.1) is 0 Å². The number of halogens is 4. The largest absolute Gasteiger partial charge is 0.350 e. The Hall–Kier alpha value is -2.24. The molecule has 0 spiro atoms. The van der Waals surface area contributed by atoms with Gasteiger partial charge >= 0.3 is 0 Å². The average Bonchev–Trinajstić information content (AvgIpc) is 2.80. The summed E-state index contributed by atoms with van der Waals surface area (Å²) in [5.41, 5.74) is 1.69. The molecule has 0 fully saturated rings.